The van der Waals surface area contributed by atoms with Crippen LogP contribution in [0, 0.1) is 12.8 Å². The van der Waals surface area contributed by atoms with Crippen LogP contribution in [0.15, 0.2) is 38.5 Å². The lowest BCUT2D eigenvalue weighted by Gasteiger charge is -2.25. The summed E-state index contributed by atoms with van der Waals surface area (Å²) in [6.07, 6.45) is 6.13. The minimum atomic E-state index is 0.411. The lowest BCUT2D eigenvalue weighted by Crippen LogP contribution is -2.10. The summed E-state index contributed by atoms with van der Waals surface area (Å²) in [5.41, 5.74) is 7.45. The topological polar surface area (TPSA) is 18.5 Å². The van der Waals surface area contributed by atoms with E-state index >= 15 is 0 Å². The summed E-state index contributed by atoms with van der Waals surface area (Å²) < 4.78 is 12.7. The molecular formula is C21H27IO2. The highest BCUT2D eigenvalue weighted by Gasteiger charge is 2.35. The smallest absolute Gasteiger partial charge is 0.122 e. The Hall–Kier alpha value is -0.810. The molecule has 1 aromatic carbocycles. The number of halogens is 1. The van der Waals surface area contributed by atoms with Gasteiger partial charge in [0.05, 0.1) is 13.2 Å². The molecule has 130 valence electrons. The molecule has 2 nitrogen and oxygen atoms in total. The molecule has 2 aliphatic carbocycles. The van der Waals surface area contributed by atoms with Gasteiger partial charge in [0.2, 0.25) is 0 Å². The maximum Gasteiger partial charge on any atom is 0.122 e. The van der Waals surface area contributed by atoms with Crippen molar-refractivity contribution >= 4 is 22.6 Å². The Balaban J connectivity index is 1.84. The Kier molecular flexibility index (Phi) is 5.70. The Morgan fingerprint density at radius 2 is 1.92 bits per heavy atom. The predicted octanol–water partition coefficient (Wildman–Crippen LogP) is 5.77. The predicted molar refractivity (Wildman–Crippen MR) is 108 cm³/mol. The zero-order chi connectivity index (χ0) is 17.3. The highest BCUT2D eigenvalue weighted by molar-refractivity contribution is 14.1. The van der Waals surface area contributed by atoms with Gasteiger partial charge in [0.15, 0.2) is 0 Å². The van der Waals surface area contributed by atoms with Gasteiger partial charge in [0.1, 0.15) is 5.75 Å². The van der Waals surface area contributed by atoms with E-state index in [9.17, 15) is 0 Å². The minimum absolute atomic E-state index is 0.411. The fourth-order valence-electron chi connectivity index (χ4n) is 4.24. The van der Waals surface area contributed by atoms with E-state index in [1.807, 2.05) is 13.2 Å². The number of rotatable bonds is 5. The fourth-order valence-corrected chi connectivity index (χ4v) is 5.10. The third-order valence-electron chi connectivity index (χ3n) is 5.75. The first kappa shape index (κ1) is 18.0. The Labute approximate surface area is 159 Å². The number of benzene rings is 1. The molecule has 0 amide bonds. The molecule has 0 bridgehead atoms. The van der Waals surface area contributed by atoms with Gasteiger partial charge >= 0.3 is 0 Å². The van der Waals surface area contributed by atoms with Gasteiger partial charge in [-0.2, -0.15) is 0 Å². The number of hydrogen-bond donors (Lipinski definition) is 0. The Morgan fingerprint density at radius 3 is 2.62 bits per heavy atom. The van der Waals surface area contributed by atoms with E-state index in [0.717, 1.165) is 25.0 Å². The number of ether oxygens (including phenoxy) is 2. The molecule has 0 N–H and O–H groups in total. The summed E-state index contributed by atoms with van der Waals surface area (Å²) in [7, 11) is 3.61. The first-order valence-corrected chi connectivity index (χ1v) is 9.85. The van der Waals surface area contributed by atoms with Crippen LogP contribution in [-0.2, 0) is 11.2 Å². The van der Waals surface area contributed by atoms with Crippen LogP contribution in [0.5, 0.6) is 5.75 Å². The highest BCUT2D eigenvalue weighted by atomic mass is 127. The fraction of sp³-hybridized carbons (Fsp3) is 0.524. The van der Waals surface area contributed by atoms with Gasteiger partial charge < -0.3 is 9.47 Å². The van der Waals surface area contributed by atoms with Crippen LogP contribution in [0.25, 0.3) is 0 Å². The largest absolute Gasteiger partial charge is 0.496 e. The summed E-state index contributed by atoms with van der Waals surface area (Å²) in [5, 5.41) is 0. The van der Waals surface area contributed by atoms with Crippen LogP contribution in [0.1, 0.15) is 43.7 Å². The lowest BCUT2D eigenvalue weighted by atomic mass is 9.82. The minimum Gasteiger partial charge on any atom is -0.496 e. The zero-order valence-electron chi connectivity index (χ0n) is 15.1. The van der Waals surface area contributed by atoms with Gasteiger partial charge in [-0.25, -0.2) is 0 Å². The summed E-state index contributed by atoms with van der Waals surface area (Å²) in [6.45, 7) is 4.47. The second kappa shape index (κ2) is 7.61. The summed E-state index contributed by atoms with van der Waals surface area (Å²) in [6, 6.07) is 6.39. The molecule has 2 aliphatic rings. The van der Waals surface area contributed by atoms with Gasteiger partial charge in [-0.1, -0.05) is 17.7 Å². The van der Waals surface area contributed by atoms with Crippen molar-refractivity contribution in [2.24, 2.45) is 5.92 Å². The van der Waals surface area contributed by atoms with E-state index in [2.05, 4.69) is 48.6 Å². The van der Waals surface area contributed by atoms with E-state index in [0.29, 0.717) is 12.0 Å². The molecule has 0 aliphatic heterocycles. The number of methoxy groups -OCH3 is 2. The van der Waals surface area contributed by atoms with Crippen molar-refractivity contribution < 1.29 is 9.47 Å². The molecule has 1 aromatic rings. The molecule has 1 saturated carbocycles. The summed E-state index contributed by atoms with van der Waals surface area (Å²) in [4.78, 5) is 0. The van der Waals surface area contributed by atoms with Gasteiger partial charge in [0.25, 0.3) is 0 Å². The molecule has 2 unspecified atom stereocenters. The van der Waals surface area contributed by atoms with Crippen molar-refractivity contribution in [1.82, 2.24) is 0 Å². The van der Waals surface area contributed by atoms with E-state index < -0.39 is 0 Å². The standard InChI is InChI=1S/C21H27IO2/c1-13-15(6-5-7-21(13)24-4)8-9-18-14(2)20(22)11-16-10-17(23-3)12-19(16)18/h5-7,16-17H,8-12H2,1-4H3. The molecule has 0 radical (unpaired) electrons. The molecular weight excluding hydrogens is 411 g/mol. The van der Waals surface area contributed by atoms with Crippen molar-refractivity contribution in [3.8, 4) is 5.75 Å². The average molecular weight is 438 g/mol. The molecule has 0 spiro atoms. The number of hydrogen-bond acceptors (Lipinski definition) is 2. The van der Waals surface area contributed by atoms with Crippen LogP contribution in [0.3, 0.4) is 0 Å². The van der Waals surface area contributed by atoms with E-state index in [1.54, 1.807) is 18.3 Å². The van der Waals surface area contributed by atoms with Gasteiger partial charge in [-0.05, 0) is 106 Å². The molecule has 1 fully saturated rings. The molecule has 0 aromatic heterocycles. The second-order valence-corrected chi connectivity index (χ2v) is 8.28. The van der Waals surface area contributed by atoms with Crippen LogP contribution in [0.4, 0.5) is 0 Å². The molecule has 2 atom stereocenters. The summed E-state index contributed by atoms with van der Waals surface area (Å²) >= 11 is 2.55. The van der Waals surface area contributed by atoms with Crippen molar-refractivity contribution in [1.29, 1.82) is 0 Å². The summed E-state index contributed by atoms with van der Waals surface area (Å²) in [5.74, 6) is 1.70. The normalized spacial score (nSPS) is 23.7. The first-order chi connectivity index (χ1) is 11.5. The van der Waals surface area contributed by atoms with Crippen molar-refractivity contribution in [3.05, 3.63) is 49.6 Å². The van der Waals surface area contributed by atoms with Gasteiger partial charge in [-0.3, -0.25) is 0 Å². The van der Waals surface area contributed by atoms with Gasteiger partial charge in [-0.15, -0.1) is 0 Å². The maximum atomic E-state index is 5.66. The quantitative estimate of drug-likeness (QED) is 0.544. The van der Waals surface area contributed by atoms with E-state index in [1.165, 1.54) is 33.1 Å². The number of fused-ring (bicyclic) bond motifs is 1. The number of allylic oxidation sites excluding steroid dienone is 3. The third-order valence-corrected chi connectivity index (χ3v) is 7.00. The molecule has 0 saturated heterocycles. The van der Waals surface area contributed by atoms with E-state index in [-0.39, 0.29) is 0 Å². The van der Waals surface area contributed by atoms with Crippen LogP contribution in [-0.4, -0.2) is 20.3 Å². The molecule has 24 heavy (non-hydrogen) atoms. The number of aryl methyl sites for hydroxylation is 1. The average Bonchev–Trinajstić information content (AvgIpc) is 2.99. The van der Waals surface area contributed by atoms with Crippen LogP contribution in [0.2, 0.25) is 0 Å². The van der Waals surface area contributed by atoms with Crippen molar-refractivity contribution in [2.75, 3.05) is 14.2 Å². The SMILES string of the molecule is COc1cccc(CCC2=C3CC(OC)CC3CC(I)=C2C)c1C. The Morgan fingerprint density at radius 1 is 1.12 bits per heavy atom. The molecule has 3 rings (SSSR count). The van der Waals surface area contributed by atoms with E-state index in [4.69, 9.17) is 9.47 Å². The molecule has 0 heterocycles. The van der Waals surface area contributed by atoms with Crippen molar-refractivity contribution in [3.63, 3.8) is 0 Å². The molecule has 3 heteroatoms. The zero-order valence-corrected chi connectivity index (χ0v) is 17.3. The Bertz CT molecular complexity index is 687. The first-order valence-electron chi connectivity index (χ1n) is 8.78. The van der Waals surface area contributed by atoms with Crippen molar-refractivity contribution in [2.45, 2.75) is 52.1 Å². The maximum absolute atomic E-state index is 5.66. The third kappa shape index (κ3) is 3.43. The lowest BCUT2D eigenvalue weighted by molar-refractivity contribution is 0.106. The highest BCUT2D eigenvalue weighted by Crippen LogP contribution is 2.47. The van der Waals surface area contributed by atoms with Gasteiger partial charge in [0, 0.05) is 7.11 Å². The van der Waals surface area contributed by atoms with Crippen LogP contribution >= 0.6 is 22.6 Å². The second-order valence-electron chi connectivity index (χ2n) is 6.98. The monoisotopic (exact) mass is 438 g/mol. The van der Waals surface area contributed by atoms with Crippen LogP contribution < -0.4 is 4.74 Å².